The predicted octanol–water partition coefficient (Wildman–Crippen LogP) is 2.76. The molecule has 1 aromatic carbocycles. The maximum atomic E-state index is 13.3. The molecule has 2 rings (SSSR count). The molecular formula is C12H12FN3O. The molecule has 0 radical (unpaired) electrons. The Balaban J connectivity index is 2.22. The van der Waals surface area contributed by atoms with Crippen LogP contribution in [-0.4, -0.2) is 17.0 Å². The van der Waals surface area contributed by atoms with E-state index in [9.17, 15) is 4.39 Å². The standard InChI is InChI=1S/C12H12FN3O/c1-8-3-4-9(7-10(8)13)17-11-5-6-15-12(14-2)16-11/h3-7H,1-2H3,(H,14,15,16). The molecule has 0 atom stereocenters. The Morgan fingerprint density at radius 1 is 1.29 bits per heavy atom. The summed E-state index contributed by atoms with van der Waals surface area (Å²) in [5, 5.41) is 2.80. The zero-order valence-electron chi connectivity index (χ0n) is 9.57. The van der Waals surface area contributed by atoms with Crippen molar-refractivity contribution in [3.63, 3.8) is 0 Å². The molecule has 5 heteroatoms. The van der Waals surface area contributed by atoms with E-state index in [1.807, 2.05) is 0 Å². The minimum absolute atomic E-state index is 0.301. The second kappa shape index (κ2) is 4.78. The molecule has 0 aliphatic carbocycles. The molecule has 0 aliphatic heterocycles. The van der Waals surface area contributed by atoms with Crippen LogP contribution in [0.1, 0.15) is 5.56 Å². The van der Waals surface area contributed by atoms with Gasteiger partial charge in [0.15, 0.2) is 0 Å². The lowest BCUT2D eigenvalue weighted by atomic mass is 10.2. The van der Waals surface area contributed by atoms with E-state index in [-0.39, 0.29) is 5.82 Å². The first-order valence-corrected chi connectivity index (χ1v) is 5.14. The van der Waals surface area contributed by atoms with Gasteiger partial charge < -0.3 is 10.1 Å². The van der Waals surface area contributed by atoms with Crippen LogP contribution in [0.5, 0.6) is 11.6 Å². The SMILES string of the molecule is CNc1nccc(Oc2ccc(C)c(F)c2)n1. The molecule has 0 aliphatic rings. The fourth-order valence-corrected chi connectivity index (χ4v) is 1.28. The van der Waals surface area contributed by atoms with Crippen molar-refractivity contribution in [3.8, 4) is 11.6 Å². The third kappa shape index (κ3) is 2.69. The average Bonchev–Trinajstić information content (AvgIpc) is 2.34. The molecule has 1 aromatic heterocycles. The van der Waals surface area contributed by atoms with Gasteiger partial charge in [-0.1, -0.05) is 6.07 Å². The maximum Gasteiger partial charge on any atom is 0.225 e. The van der Waals surface area contributed by atoms with Crippen molar-refractivity contribution in [3.05, 3.63) is 41.8 Å². The summed E-state index contributed by atoms with van der Waals surface area (Å²) in [5.74, 6) is 0.932. The highest BCUT2D eigenvalue weighted by atomic mass is 19.1. The van der Waals surface area contributed by atoms with E-state index < -0.39 is 0 Å². The van der Waals surface area contributed by atoms with Crippen molar-refractivity contribution in [2.75, 3.05) is 12.4 Å². The molecule has 17 heavy (non-hydrogen) atoms. The number of ether oxygens (including phenoxy) is 1. The molecular weight excluding hydrogens is 221 g/mol. The second-order valence-corrected chi connectivity index (χ2v) is 3.48. The van der Waals surface area contributed by atoms with Crippen LogP contribution in [0.2, 0.25) is 0 Å². The van der Waals surface area contributed by atoms with Gasteiger partial charge in [-0.25, -0.2) is 9.37 Å². The number of halogens is 1. The molecule has 0 spiro atoms. The first kappa shape index (κ1) is 11.3. The lowest BCUT2D eigenvalue weighted by Crippen LogP contribution is -1.97. The summed E-state index contributed by atoms with van der Waals surface area (Å²) in [6.45, 7) is 1.70. The molecule has 2 aromatic rings. The number of hydrogen-bond donors (Lipinski definition) is 1. The Morgan fingerprint density at radius 2 is 2.12 bits per heavy atom. The highest BCUT2D eigenvalue weighted by Crippen LogP contribution is 2.21. The topological polar surface area (TPSA) is 47.0 Å². The molecule has 1 heterocycles. The first-order valence-electron chi connectivity index (χ1n) is 5.14. The summed E-state index contributed by atoms with van der Waals surface area (Å²) in [4.78, 5) is 8.03. The summed E-state index contributed by atoms with van der Waals surface area (Å²) in [6, 6.07) is 6.29. The third-order valence-corrected chi connectivity index (χ3v) is 2.22. The molecule has 0 bridgehead atoms. The van der Waals surface area contributed by atoms with Gasteiger partial charge in [0.2, 0.25) is 11.8 Å². The van der Waals surface area contributed by atoms with Crippen LogP contribution in [0.3, 0.4) is 0 Å². The summed E-state index contributed by atoms with van der Waals surface area (Å²) < 4.78 is 18.7. The van der Waals surface area contributed by atoms with Crippen LogP contribution in [0.4, 0.5) is 10.3 Å². The van der Waals surface area contributed by atoms with Gasteiger partial charge in [-0.15, -0.1) is 0 Å². The third-order valence-electron chi connectivity index (χ3n) is 2.22. The van der Waals surface area contributed by atoms with Crippen LogP contribution < -0.4 is 10.1 Å². The Kier molecular flexibility index (Phi) is 3.18. The summed E-state index contributed by atoms with van der Waals surface area (Å²) in [7, 11) is 1.71. The predicted molar refractivity (Wildman–Crippen MR) is 62.8 cm³/mol. The Morgan fingerprint density at radius 3 is 2.82 bits per heavy atom. The number of aryl methyl sites for hydroxylation is 1. The molecule has 0 saturated heterocycles. The quantitative estimate of drug-likeness (QED) is 0.885. The van der Waals surface area contributed by atoms with Crippen LogP contribution in [0.15, 0.2) is 30.5 Å². The lowest BCUT2D eigenvalue weighted by molar-refractivity contribution is 0.457. The smallest absolute Gasteiger partial charge is 0.225 e. The molecule has 4 nitrogen and oxygen atoms in total. The maximum absolute atomic E-state index is 13.3. The fourth-order valence-electron chi connectivity index (χ4n) is 1.28. The molecule has 0 fully saturated rings. The van der Waals surface area contributed by atoms with E-state index in [2.05, 4.69) is 15.3 Å². The van der Waals surface area contributed by atoms with Gasteiger partial charge >= 0.3 is 0 Å². The number of nitrogens with zero attached hydrogens (tertiary/aromatic N) is 2. The van der Waals surface area contributed by atoms with Crippen LogP contribution >= 0.6 is 0 Å². The highest BCUT2D eigenvalue weighted by molar-refractivity contribution is 5.33. The molecule has 1 N–H and O–H groups in total. The Hall–Kier alpha value is -2.17. The minimum Gasteiger partial charge on any atom is -0.439 e. The van der Waals surface area contributed by atoms with Gasteiger partial charge in [0.25, 0.3) is 0 Å². The van der Waals surface area contributed by atoms with Gasteiger partial charge in [0.05, 0.1) is 0 Å². The number of nitrogens with one attached hydrogen (secondary N) is 1. The van der Waals surface area contributed by atoms with Gasteiger partial charge in [-0.3, -0.25) is 0 Å². The van der Waals surface area contributed by atoms with Crippen molar-refractivity contribution in [2.45, 2.75) is 6.92 Å². The first-order chi connectivity index (χ1) is 8.19. The monoisotopic (exact) mass is 233 g/mol. The molecule has 0 saturated carbocycles. The van der Waals surface area contributed by atoms with Crippen molar-refractivity contribution >= 4 is 5.95 Å². The number of hydrogen-bond acceptors (Lipinski definition) is 4. The van der Waals surface area contributed by atoms with Crippen molar-refractivity contribution in [1.29, 1.82) is 0 Å². The number of rotatable bonds is 3. The zero-order valence-corrected chi connectivity index (χ0v) is 9.57. The normalized spacial score (nSPS) is 10.1. The van der Waals surface area contributed by atoms with E-state index in [1.165, 1.54) is 6.07 Å². The fraction of sp³-hybridized carbons (Fsp3) is 0.167. The number of benzene rings is 1. The van der Waals surface area contributed by atoms with Crippen LogP contribution in [-0.2, 0) is 0 Å². The van der Waals surface area contributed by atoms with E-state index in [0.717, 1.165) is 0 Å². The van der Waals surface area contributed by atoms with Gasteiger partial charge in [0.1, 0.15) is 11.6 Å². The van der Waals surface area contributed by atoms with Gasteiger partial charge in [-0.05, 0) is 18.6 Å². The molecule has 88 valence electrons. The summed E-state index contributed by atoms with van der Waals surface area (Å²) >= 11 is 0. The van der Waals surface area contributed by atoms with Gasteiger partial charge in [-0.2, -0.15) is 4.98 Å². The van der Waals surface area contributed by atoms with E-state index >= 15 is 0 Å². The largest absolute Gasteiger partial charge is 0.439 e. The van der Waals surface area contributed by atoms with Crippen molar-refractivity contribution < 1.29 is 9.13 Å². The minimum atomic E-state index is -0.301. The van der Waals surface area contributed by atoms with E-state index in [4.69, 9.17) is 4.74 Å². The van der Waals surface area contributed by atoms with Crippen LogP contribution in [0, 0.1) is 12.7 Å². The summed E-state index contributed by atoms with van der Waals surface area (Å²) in [5.41, 5.74) is 0.580. The van der Waals surface area contributed by atoms with Crippen LogP contribution in [0.25, 0.3) is 0 Å². The van der Waals surface area contributed by atoms with Crippen molar-refractivity contribution in [1.82, 2.24) is 9.97 Å². The molecule has 0 unspecified atom stereocenters. The zero-order chi connectivity index (χ0) is 12.3. The van der Waals surface area contributed by atoms with Crippen molar-refractivity contribution in [2.24, 2.45) is 0 Å². The van der Waals surface area contributed by atoms with E-state index in [0.29, 0.717) is 23.1 Å². The molecule has 0 amide bonds. The Labute approximate surface area is 98.5 Å². The Bertz CT molecular complexity index is 531. The number of anilines is 1. The van der Waals surface area contributed by atoms with Gasteiger partial charge in [0, 0.05) is 25.4 Å². The summed E-state index contributed by atoms with van der Waals surface area (Å²) in [6.07, 6.45) is 1.57. The number of aromatic nitrogens is 2. The lowest BCUT2D eigenvalue weighted by Gasteiger charge is -2.06. The highest BCUT2D eigenvalue weighted by Gasteiger charge is 2.03. The second-order valence-electron chi connectivity index (χ2n) is 3.48. The van der Waals surface area contributed by atoms with E-state index in [1.54, 1.807) is 38.4 Å². The average molecular weight is 233 g/mol.